The molecule has 3 rings (SSSR count). The van der Waals surface area contributed by atoms with Crippen LogP contribution in [-0.4, -0.2) is 25.7 Å². The molecule has 1 aromatic carbocycles. The van der Waals surface area contributed by atoms with Crippen molar-refractivity contribution in [3.05, 3.63) is 69.3 Å². The minimum absolute atomic E-state index is 0.186. The van der Waals surface area contributed by atoms with Gasteiger partial charge in [-0.15, -0.1) is 0 Å². The van der Waals surface area contributed by atoms with Crippen LogP contribution in [-0.2, 0) is 6.18 Å². The van der Waals surface area contributed by atoms with E-state index in [4.69, 9.17) is 11.6 Å². The molecule has 3 aromatic rings. The number of benzene rings is 1. The monoisotopic (exact) mass is 473 g/mol. The number of aromatic nitrogens is 4. The normalized spacial score (nSPS) is 12.6. The molecular formula is C17H12BrClF3N5O. The van der Waals surface area contributed by atoms with Crippen LogP contribution in [0.2, 0.25) is 5.02 Å². The second-order valence-electron chi connectivity index (χ2n) is 5.77. The Labute approximate surface area is 170 Å². The number of amides is 1. The van der Waals surface area contributed by atoms with Crippen molar-refractivity contribution in [2.75, 3.05) is 0 Å². The zero-order valence-corrected chi connectivity index (χ0v) is 16.5. The maximum absolute atomic E-state index is 12.9. The molecule has 0 unspecified atom stereocenters. The van der Waals surface area contributed by atoms with E-state index in [1.54, 1.807) is 25.1 Å². The van der Waals surface area contributed by atoms with Crippen LogP contribution in [0, 0.1) is 0 Å². The van der Waals surface area contributed by atoms with Crippen LogP contribution in [0.15, 0.2) is 47.3 Å². The summed E-state index contributed by atoms with van der Waals surface area (Å²) in [5.41, 5.74) is -1.21. The molecule has 146 valence electrons. The first-order valence-electron chi connectivity index (χ1n) is 7.86. The average molecular weight is 475 g/mol. The van der Waals surface area contributed by atoms with E-state index in [2.05, 4.69) is 36.3 Å². The highest BCUT2D eigenvalue weighted by molar-refractivity contribution is 9.10. The maximum Gasteiger partial charge on any atom is 0.416 e. The predicted molar refractivity (Wildman–Crippen MR) is 99.2 cm³/mol. The fourth-order valence-electron chi connectivity index (χ4n) is 2.47. The van der Waals surface area contributed by atoms with E-state index in [1.165, 1.54) is 17.1 Å². The molecule has 0 bridgehead atoms. The largest absolute Gasteiger partial charge is 0.416 e. The molecule has 0 aliphatic heterocycles. The fourth-order valence-corrected chi connectivity index (χ4v) is 3.04. The number of nitrogens with zero attached hydrogens (tertiary/aromatic N) is 4. The fraction of sp³-hybridized carbons (Fsp3) is 0.176. The first-order chi connectivity index (χ1) is 13.1. The quantitative estimate of drug-likeness (QED) is 0.562. The van der Waals surface area contributed by atoms with Crippen molar-refractivity contribution in [3.63, 3.8) is 0 Å². The second kappa shape index (κ2) is 7.88. The third-order valence-electron chi connectivity index (χ3n) is 3.71. The van der Waals surface area contributed by atoms with E-state index >= 15 is 0 Å². The SMILES string of the molecule is C[C@H](NC(=O)c1cc(Cl)cc(C(F)(F)F)c1)c1ncnn1-c1cccc(Br)n1. The first-order valence-corrected chi connectivity index (χ1v) is 9.04. The van der Waals surface area contributed by atoms with Crippen molar-refractivity contribution >= 4 is 33.4 Å². The molecule has 1 atom stereocenters. The molecule has 0 saturated heterocycles. The Balaban J connectivity index is 1.85. The van der Waals surface area contributed by atoms with Gasteiger partial charge in [-0.1, -0.05) is 17.7 Å². The van der Waals surface area contributed by atoms with Crippen molar-refractivity contribution in [3.8, 4) is 5.82 Å². The summed E-state index contributed by atoms with van der Waals surface area (Å²) in [5.74, 6) is 0.0966. The van der Waals surface area contributed by atoms with Crippen LogP contribution in [0.25, 0.3) is 5.82 Å². The number of hydrogen-bond acceptors (Lipinski definition) is 4. The van der Waals surface area contributed by atoms with Gasteiger partial charge in [-0.05, 0) is 53.2 Å². The summed E-state index contributed by atoms with van der Waals surface area (Å²) in [6.07, 6.45) is -3.32. The summed E-state index contributed by atoms with van der Waals surface area (Å²) < 4.78 is 40.9. The van der Waals surface area contributed by atoms with Crippen molar-refractivity contribution < 1.29 is 18.0 Å². The van der Waals surface area contributed by atoms with E-state index in [0.717, 1.165) is 12.1 Å². The van der Waals surface area contributed by atoms with Gasteiger partial charge in [0.25, 0.3) is 5.91 Å². The number of alkyl halides is 3. The molecule has 0 saturated carbocycles. The molecular weight excluding hydrogens is 463 g/mol. The lowest BCUT2D eigenvalue weighted by Crippen LogP contribution is -2.29. The zero-order chi connectivity index (χ0) is 20.5. The number of nitrogens with one attached hydrogen (secondary N) is 1. The van der Waals surface area contributed by atoms with Crippen molar-refractivity contribution in [2.45, 2.75) is 19.1 Å². The Hall–Kier alpha value is -2.46. The van der Waals surface area contributed by atoms with Crippen molar-refractivity contribution in [1.29, 1.82) is 0 Å². The van der Waals surface area contributed by atoms with Gasteiger partial charge in [0.1, 0.15) is 10.9 Å². The first kappa shape index (κ1) is 20.3. The summed E-state index contributed by atoms with van der Waals surface area (Å²) in [6, 6.07) is 7.20. The third-order valence-corrected chi connectivity index (χ3v) is 4.37. The Morgan fingerprint density at radius 3 is 2.71 bits per heavy atom. The summed E-state index contributed by atoms with van der Waals surface area (Å²) in [5, 5.41) is 6.51. The van der Waals surface area contributed by atoms with E-state index in [1.807, 2.05) is 0 Å². The zero-order valence-electron chi connectivity index (χ0n) is 14.2. The molecule has 0 fully saturated rings. The van der Waals surface area contributed by atoms with Gasteiger partial charge in [0.15, 0.2) is 11.6 Å². The van der Waals surface area contributed by atoms with Gasteiger partial charge in [-0.2, -0.15) is 23.0 Å². The third kappa shape index (κ3) is 4.50. The Bertz CT molecular complexity index is 1020. The molecule has 6 nitrogen and oxygen atoms in total. The summed E-state index contributed by atoms with van der Waals surface area (Å²) in [7, 11) is 0. The molecule has 0 aliphatic rings. The number of hydrogen-bond donors (Lipinski definition) is 1. The minimum Gasteiger partial charge on any atom is -0.342 e. The van der Waals surface area contributed by atoms with Crippen LogP contribution in [0.1, 0.15) is 34.7 Å². The lowest BCUT2D eigenvalue weighted by atomic mass is 10.1. The van der Waals surface area contributed by atoms with Crippen LogP contribution < -0.4 is 5.32 Å². The Morgan fingerprint density at radius 2 is 2.04 bits per heavy atom. The van der Waals surface area contributed by atoms with Gasteiger partial charge < -0.3 is 5.32 Å². The van der Waals surface area contributed by atoms with E-state index in [0.29, 0.717) is 16.2 Å². The van der Waals surface area contributed by atoms with E-state index < -0.39 is 23.7 Å². The predicted octanol–water partition coefficient (Wildman–Crippen LogP) is 4.59. The molecule has 1 N–H and O–H groups in total. The number of pyridine rings is 1. The highest BCUT2D eigenvalue weighted by atomic mass is 79.9. The summed E-state index contributed by atoms with van der Waals surface area (Å²) in [6.45, 7) is 1.63. The molecule has 2 heterocycles. The molecule has 28 heavy (non-hydrogen) atoms. The van der Waals surface area contributed by atoms with Crippen LogP contribution in [0.3, 0.4) is 0 Å². The Morgan fingerprint density at radius 1 is 1.29 bits per heavy atom. The van der Waals surface area contributed by atoms with Crippen molar-refractivity contribution in [2.24, 2.45) is 0 Å². The highest BCUT2D eigenvalue weighted by Gasteiger charge is 2.32. The summed E-state index contributed by atoms with van der Waals surface area (Å²) in [4.78, 5) is 20.9. The second-order valence-corrected chi connectivity index (χ2v) is 7.02. The number of rotatable bonds is 4. The van der Waals surface area contributed by atoms with Crippen LogP contribution in [0.5, 0.6) is 0 Å². The standard InChI is InChI=1S/C17H12BrClF3N5O/c1-9(15-23-8-24-27(15)14-4-2-3-13(18)26-14)25-16(28)10-5-11(17(20,21)22)7-12(19)6-10/h2-9H,1H3,(H,25,28)/t9-/m0/s1. The maximum atomic E-state index is 12.9. The van der Waals surface area contributed by atoms with Crippen LogP contribution in [0.4, 0.5) is 13.2 Å². The average Bonchev–Trinajstić information content (AvgIpc) is 3.10. The summed E-state index contributed by atoms with van der Waals surface area (Å²) >= 11 is 9.00. The van der Waals surface area contributed by atoms with Gasteiger partial charge in [0.2, 0.25) is 0 Å². The molecule has 0 radical (unpaired) electrons. The van der Waals surface area contributed by atoms with Crippen LogP contribution >= 0.6 is 27.5 Å². The number of carbonyl (C=O) groups is 1. The van der Waals surface area contributed by atoms with Crippen molar-refractivity contribution in [1.82, 2.24) is 25.1 Å². The molecule has 0 spiro atoms. The lowest BCUT2D eigenvalue weighted by molar-refractivity contribution is -0.137. The van der Waals surface area contributed by atoms with E-state index in [9.17, 15) is 18.0 Å². The lowest BCUT2D eigenvalue weighted by Gasteiger charge is -2.15. The number of carbonyl (C=O) groups excluding carboxylic acids is 1. The molecule has 1 amide bonds. The molecule has 11 heteroatoms. The Kier molecular flexibility index (Phi) is 5.71. The molecule has 2 aromatic heterocycles. The van der Waals surface area contributed by atoms with E-state index in [-0.39, 0.29) is 10.6 Å². The van der Waals surface area contributed by atoms with Gasteiger partial charge >= 0.3 is 6.18 Å². The minimum atomic E-state index is -4.61. The van der Waals surface area contributed by atoms with Gasteiger partial charge in [0, 0.05) is 10.6 Å². The number of halogens is 5. The molecule has 0 aliphatic carbocycles. The topological polar surface area (TPSA) is 72.7 Å². The smallest absolute Gasteiger partial charge is 0.342 e. The van der Waals surface area contributed by atoms with Gasteiger partial charge in [-0.3, -0.25) is 4.79 Å². The van der Waals surface area contributed by atoms with Gasteiger partial charge in [0.05, 0.1) is 11.6 Å². The van der Waals surface area contributed by atoms with Gasteiger partial charge in [-0.25, -0.2) is 9.97 Å². The highest BCUT2D eigenvalue weighted by Crippen LogP contribution is 2.32.